The predicted octanol–water partition coefficient (Wildman–Crippen LogP) is 4.51. The number of aryl methyl sites for hydroxylation is 1. The van der Waals surface area contributed by atoms with Gasteiger partial charge in [0.15, 0.2) is 0 Å². The van der Waals surface area contributed by atoms with Crippen molar-refractivity contribution in [3.05, 3.63) is 47.0 Å². The molecule has 4 nitrogen and oxygen atoms in total. The highest BCUT2D eigenvalue weighted by Crippen LogP contribution is 2.55. The Morgan fingerprint density at radius 3 is 2.35 bits per heavy atom. The average molecular weight is 342 g/mol. The molecule has 0 aliphatic heterocycles. The third kappa shape index (κ3) is 2.53. The fraction of sp³-hybridized carbons (Fsp3) is 0.455. The zero-order valence-corrected chi connectivity index (χ0v) is 15.2. The van der Waals surface area contributed by atoms with Gasteiger partial charge < -0.3 is 5.41 Å². The molecule has 0 saturated heterocycles. The minimum absolute atomic E-state index is 0.0516. The fourth-order valence-corrected chi connectivity index (χ4v) is 4.53. The Bertz CT molecular complexity index is 859. The molecular formula is C22H22N4. The highest BCUT2D eigenvalue weighted by atomic mass is 14.6. The molecule has 0 amide bonds. The fourth-order valence-electron chi connectivity index (χ4n) is 4.53. The van der Waals surface area contributed by atoms with Crippen LogP contribution in [0.15, 0.2) is 35.9 Å². The van der Waals surface area contributed by atoms with Gasteiger partial charge in [0.1, 0.15) is 0 Å². The van der Waals surface area contributed by atoms with E-state index in [1.165, 1.54) is 5.56 Å². The number of rotatable bonds is 2. The van der Waals surface area contributed by atoms with Crippen molar-refractivity contribution >= 4 is 5.71 Å². The van der Waals surface area contributed by atoms with Crippen molar-refractivity contribution in [2.45, 2.75) is 39.0 Å². The Morgan fingerprint density at radius 2 is 1.81 bits per heavy atom. The first-order valence-corrected chi connectivity index (χ1v) is 9.12. The second-order valence-corrected chi connectivity index (χ2v) is 7.46. The molecule has 4 heteroatoms. The summed E-state index contributed by atoms with van der Waals surface area (Å²) in [5.41, 5.74) is 1.33. The van der Waals surface area contributed by atoms with E-state index in [1.807, 2.05) is 18.2 Å². The maximum absolute atomic E-state index is 9.84. The lowest BCUT2D eigenvalue weighted by Gasteiger charge is -2.46. The van der Waals surface area contributed by atoms with Crippen molar-refractivity contribution in [3.8, 4) is 18.2 Å². The standard InChI is InChI=1S/C22H22N4/c1-3-15-5-7-16(8-6-15)20-17-10-14(2)4-9-19(17)22(12-24,13-25)21(26)18(20)11-23/h5-9,14,17-18,20,26H,3-4,10H2,1-2H3/t14-,17+,18?,20-/m1/s1. The third-order valence-corrected chi connectivity index (χ3v) is 5.98. The van der Waals surface area contributed by atoms with E-state index in [0.29, 0.717) is 5.92 Å². The normalized spacial score (nSPS) is 29.5. The number of fused-ring (bicyclic) bond motifs is 1. The van der Waals surface area contributed by atoms with Crippen LogP contribution >= 0.6 is 0 Å². The maximum atomic E-state index is 9.84. The van der Waals surface area contributed by atoms with Crippen molar-refractivity contribution in [3.63, 3.8) is 0 Å². The molecule has 0 aromatic heterocycles. The van der Waals surface area contributed by atoms with E-state index in [2.05, 4.69) is 44.2 Å². The zero-order chi connectivity index (χ0) is 18.9. The van der Waals surface area contributed by atoms with E-state index in [4.69, 9.17) is 5.41 Å². The smallest absolute Gasteiger partial charge is 0.203 e. The lowest BCUT2D eigenvalue weighted by Crippen LogP contribution is -2.48. The molecule has 1 aromatic rings. The SMILES string of the molecule is CCc1ccc([C@H]2C(C#N)C(=N)C(C#N)(C#N)C3=CC[C@@H](C)C[C@@H]32)cc1. The van der Waals surface area contributed by atoms with Gasteiger partial charge in [-0.2, -0.15) is 15.8 Å². The molecule has 1 saturated carbocycles. The molecule has 4 atom stereocenters. The van der Waals surface area contributed by atoms with Crippen LogP contribution in [0.4, 0.5) is 0 Å². The highest BCUT2D eigenvalue weighted by molar-refractivity contribution is 6.01. The highest BCUT2D eigenvalue weighted by Gasteiger charge is 2.56. The van der Waals surface area contributed by atoms with E-state index in [9.17, 15) is 15.8 Å². The van der Waals surface area contributed by atoms with E-state index >= 15 is 0 Å². The van der Waals surface area contributed by atoms with Gasteiger partial charge in [-0.25, -0.2) is 0 Å². The van der Waals surface area contributed by atoms with Crippen LogP contribution in [-0.4, -0.2) is 5.71 Å². The zero-order valence-electron chi connectivity index (χ0n) is 15.2. The summed E-state index contributed by atoms with van der Waals surface area (Å²) in [6.07, 6.45) is 4.58. The summed E-state index contributed by atoms with van der Waals surface area (Å²) >= 11 is 0. The van der Waals surface area contributed by atoms with Crippen LogP contribution in [0.25, 0.3) is 0 Å². The van der Waals surface area contributed by atoms with Crippen LogP contribution in [-0.2, 0) is 6.42 Å². The first-order chi connectivity index (χ1) is 12.5. The largest absolute Gasteiger partial charge is 0.305 e. The molecule has 1 aromatic carbocycles. The third-order valence-electron chi connectivity index (χ3n) is 5.98. The van der Waals surface area contributed by atoms with E-state index in [-0.39, 0.29) is 17.5 Å². The summed E-state index contributed by atoms with van der Waals surface area (Å²) in [5, 5.41) is 38.0. The topological polar surface area (TPSA) is 95.2 Å². The van der Waals surface area contributed by atoms with E-state index < -0.39 is 11.3 Å². The summed E-state index contributed by atoms with van der Waals surface area (Å²) in [6.45, 7) is 4.26. The van der Waals surface area contributed by atoms with Crippen molar-refractivity contribution in [1.29, 1.82) is 21.2 Å². The molecule has 1 unspecified atom stereocenters. The molecule has 1 N–H and O–H groups in total. The minimum Gasteiger partial charge on any atom is -0.305 e. The molecular weight excluding hydrogens is 320 g/mol. The number of allylic oxidation sites excluding steroid dienone is 2. The lowest BCUT2D eigenvalue weighted by molar-refractivity contribution is 0.299. The molecule has 0 heterocycles. The number of nitriles is 3. The maximum Gasteiger partial charge on any atom is 0.203 e. The summed E-state index contributed by atoms with van der Waals surface area (Å²) < 4.78 is 0. The van der Waals surface area contributed by atoms with Crippen molar-refractivity contribution < 1.29 is 0 Å². The van der Waals surface area contributed by atoms with Crippen molar-refractivity contribution in [2.75, 3.05) is 0 Å². The molecule has 1 fully saturated rings. The van der Waals surface area contributed by atoms with Gasteiger partial charge in [-0.15, -0.1) is 0 Å². The molecule has 2 aliphatic carbocycles. The van der Waals surface area contributed by atoms with Gasteiger partial charge in [0.05, 0.1) is 29.8 Å². The predicted molar refractivity (Wildman–Crippen MR) is 99.0 cm³/mol. The summed E-state index contributed by atoms with van der Waals surface area (Å²) in [6, 6.07) is 14.6. The minimum atomic E-state index is -1.59. The van der Waals surface area contributed by atoms with Gasteiger partial charge >= 0.3 is 0 Å². The monoisotopic (exact) mass is 342 g/mol. The quantitative estimate of drug-likeness (QED) is 0.801. The Kier molecular flexibility index (Phi) is 4.67. The molecule has 0 bridgehead atoms. The van der Waals surface area contributed by atoms with Gasteiger partial charge in [-0.05, 0) is 47.8 Å². The number of hydrogen-bond donors (Lipinski definition) is 1. The van der Waals surface area contributed by atoms with Crippen LogP contribution in [0.2, 0.25) is 0 Å². The van der Waals surface area contributed by atoms with E-state index in [1.54, 1.807) is 0 Å². The van der Waals surface area contributed by atoms with Crippen LogP contribution in [0.1, 0.15) is 43.7 Å². The van der Waals surface area contributed by atoms with Gasteiger partial charge in [-0.3, -0.25) is 0 Å². The molecule has 0 spiro atoms. The second-order valence-electron chi connectivity index (χ2n) is 7.46. The number of nitrogens with one attached hydrogen (secondary N) is 1. The first-order valence-electron chi connectivity index (χ1n) is 9.12. The number of benzene rings is 1. The Balaban J connectivity index is 2.18. The summed E-state index contributed by atoms with van der Waals surface area (Å²) in [7, 11) is 0. The van der Waals surface area contributed by atoms with Crippen LogP contribution in [0.5, 0.6) is 0 Å². The summed E-state index contributed by atoms with van der Waals surface area (Å²) in [4.78, 5) is 0. The molecule has 3 rings (SSSR count). The van der Waals surface area contributed by atoms with Gasteiger partial charge in [0.2, 0.25) is 5.41 Å². The van der Waals surface area contributed by atoms with Gasteiger partial charge in [0, 0.05) is 5.92 Å². The first kappa shape index (κ1) is 17.9. The second kappa shape index (κ2) is 6.78. The van der Waals surface area contributed by atoms with E-state index in [0.717, 1.165) is 30.4 Å². The Hall–Kier alpha value is -2.90. The van der Waals surface area contributed by atoms with Crippen molar-refractivity contribution in [2.24, 2.45) is 23.2 Å². The Labute approximate surface area is 154 Å². The van der Waals surface area contributed by atoms with Crippen LogP contribution in [0, 0.1) is 62.6 Å². The Morgan fingerprint density at radius 1 is 1.15 bits per heavy atom. The van der Waals surface area contributed by atoms with Crippen molar-refractivity contribution in [1.82, 2.24) is 0 Å². The van der Waals surface area contributed by atoms with Gasteiger partial charge in [0.25, 0.3) is 0 Å². The van der Waals surface area contributed by atoms with Crippen LogP contribution in [0.3, 0.4) is 0 Å². The molecule has 26 heavy (non-hydrogen) atoms. The molecule has 0 radical (unpaired) electrons. The number of hydrogen-bond acceptors (Lipinski definition) is 4. The molecule has 2 aliphatic rings. The summed E-state index contributed by atoms with van der Waals surface area (Å²) in [5.74, 6) is -0.552. The van der Waals surface area contributed by atoms with Gasteiger partial charge in [-0.1, -0.05) is 44.2 Å². The van der Waals surface area contributed by atoms with Crippen LogP contribution < -0.4 is 0 Å². The average Bonchev–Trinajstić information content (AvgIpc) is 2.68. The lowest BCUT2D eigenvalue weighted by atomic mass is 9.53. The molecule has 130 valence electrons. The number of nitrogens with zero attached hydrogens (tertiary/aromatic N) is 3.